The zero-order valence-electron chi connectivity index (χ0n) is 13.4. The summed E-state index contributed by atoms with van der Waals surface area (Å²) in [6.45, 7) is 1.90. The normalized spacial score (nSPS) is 14.1. The molecule has 0 bridgehead atoms. The molecule has 0 radical (unpaired) electrons. The number of nitrogens with one attached hydrogen (secondary N) is 2. The molecule has 0 unspecified atom stereocenters. The monoisotopic (exact) mass is 348 g/mol. The van der Waals surface area contributed by atoms with Crippen molar-refractivity contribution in [2.24, 2.45) is 0 Å². The number of phenols is 1. The summed E-state index contributed by atoms with van der Waals surface area (Å²) >= 11 is 1.45. The van der Waals surface area contributed by atoms with Crippen molar-refractivity contribution in [2.75, 3.05) is 6.54 Å². The second kappa shape index (κ2) is 5.44. The van der Waals surface area contributed by atoms with E-state index in [1.54, 1.807) is 18.2 Å². The van der Waals surface area contributed by atoms with Crippen LogP contribution in [0.4, 0.5) is 0 Å². The van der Waals surface area contributed by atoms with Gasteiger partial charge in [-0.15, -0.1) is 11.3 Å². The van der Waals surface area contributed by atoms with Crippen molar-refractivity contribution in [1.82, 2.24) is 10.3 Å². The lowest BCUT2D eigenvalue weighted by molar-refractivity contribution is 0.476. The molecule has 3 heterocycles. The number of fused-ring (bicyclic) bond motifs is 4. The summed E-state index contributed by atoms with van der Waals surface area (Å²) in [6, 6.07) is 11.6. The van der Waals surface area contributed by atoms with E-state index in [1.807, 2.05) is 5.38 Å². The van der Waals surface area contributed by atoms with Crippen LogP contribution in [-0.4, -0.2) is 16.6 Å². The fraction of sp³-hybridized carbons (Fsp3) is 0.150. The van der Waals surface area contributed by atoms with Crippen molar-refractivity contribution in [1.29, 1.82) is 0 Å². The molecule has 0 saturated carbocycles. The van der Waals surface area contributed by atoms with E-state index in [9.17, 15) is 9.90 Å². The number of aromatic hydroxyl groups is 1. The summed E-state index contributed by atoms with van der Waals surface area (Å²) in [5.41, 5.74) is 5.54. The van der Waals surface area contributed by atoms with Gasteiger partial charge >= 0.3 is 0 Å². The Morgan fingerprint density at radius 2 is 2.00 bits per heavy atom. The lowest BCUT2D eigenvalue weighted by atomic mass is 9.94. The van der Waals surface area contributed by atoms with E-state index in [4.69, 9.17) is 0 Å². The van der Waals surface area contributed by atoms with Crippen molar-refractivity contribution in [2.45, 2.75) is 13.0 Å². The standard InChI is InChI=1S/C20H16N2O2S/c23-14-3-4-17-15(8-14)18-16(10-25-19(18)20(24)22-17)12-2-1-11-5-6-21-9-13(11)7-12/h1-4,7-8,10,21,23H,5-6,9H2,(H,22,24). The predicted molar refractivity (Wildman–Crippen MR) is 102 cm³/mol. The molecule has 5 heteroatoms. The van der Waals surface area contributed by atoms with Gasteiger partial charge in [-0.25, -0.2) is 0 Å². The minimum Gasteiger partial charge on any atom is -0.508 e. The van der Waals surface area contributed by atoms with Crippen molar-refractivity contribution in [3.8, 4) is 16.9 Å². The van der Waals surface area contributed by atoms with Crippen molar-refractivity contribution >= 4 is 32.3 Å². The Bertz CT molecular complexity index is 1190. The number of phenolic OH excluding ortho intramolecular Hbond substituents is 1. The van der Waals surface area contributed by atoms with Gasteiger partial charge in [0.15, 0.2) is 0 Å². The molecular weight excluding hydrogens is 332 g/mol. The molecule has 5 rings (SSSR count). The van der Waals surface area contributed by atoms with Crippen molar-refractivity contribution in [3.05, 3.63) is 63.3 Å². The molecule has 1 aliphatic heterocycles. The van der Waals surface area contributed by atoms with Crippen LogP contribution in [0, 0.1) is 0 Å². The molecule has 2 aromatic carbocycles. The minimum atomic E-state index is -0.0796. The van der Waals surface area contributed by atoms with Crippen LogP contribution in [0.25, 0.3) is 32.1 Å². The van der Waals surface area contributed by atoms with Gasteiger partial charge < -0.3 is 15.4 Å². The summed E-state index contributed by atoms with van der Waals surface area (Å²) in [5.74, 6) is 0.202. The molecule has 0 atom stereocenters. The first-order valence-electron chi connectivity index (χ1n) is 8.30. The highest BCUT2D eigenvalue weighted by Gasteiger charge is 2.16. The highest BCUT2D eigenvalue weighted by Crippen LogP contribution is 2.38. The minimum absolute atomic E-state index is 0.0796. The lowest BCUT2D eigenvalue weighted by Crippen LogP contribution is -2.23. The molecule has 0 amide bonds. The number of hydrogen-bond donors (Lipinski definition) is 3. The average molecular weight is 348 g/mol. The van der Waals surface area contributed by atoms with E-state index >= 15 is 0 Å². The summed E-state index contributed by atoms with van der Waals surface area (Å²) in [7, 11) is 0. The topological polar surface area (TPSA) is 65.1 Å². The Kier molecular flexibility index (Phi) is 3.20. The van der Waals surface area contributed by atoms with Crippen LogP contribution in [0.1, 0.15) is 11.1 Å². The zero-order valence-corrected chi connectivity index (χ0v) is 14.2. The molecule has 1 aliphatic rings. The third kappa shape index (κ3) is 2.27. The maximum atomic E-state index is 12.4. The van der Waals surface area contributed by atoms with Crippen molar-refractivity contribution < 1.29 is 5.11 Å². The van der Waals surface area contributed by atoms with E-state index in [-0.39, 0.29) is 11.3 Å². The Balaban J connectivity index is 1.84. The Morgan fingerprint density at radius 1 is 1.08 bits per heavy atom. The highest BCUT2D eigenvalue weighted by molar-refractivity contribution is 7.17. The molecular formula is C20H16N2O2S. The van der Waals surface area contributed by atoms with Gasteiger partial charge in [0.25, 0.3) is 5.56 Å². The molecule has 4 aromatic rings. The van der Waals surface area contributed by atoms with Gasteiger partial charge in [-0.3, -0.25) is 4.79 Å². The smallest absolute Gasteiger partial charge is 0.266 e. The SMILES string of the molecule is O=c1[nH]c2ccc(O)cc2c2c(-c3ccc4c(c3)CNCC4)csc12. The van der Waals surface area contributed by atoms with Gasteiger partial charge in [-0.2, -0.15) is 0 Å². The van der Waals surface area contributed by atoms with E-state index in [2.05, 4.69) is 28.5 Å². The van der Waals surface area contributed by atoms with Crippen molar-refractivity contribution in [3.63, 3.8) is 0 Å². The Labute approximate surface area is 147 Å². The zero-order chi connectivity index (χ0) is 17.0. The molecule has 0 spiro atoms. The number of thiophene rings is 1. The molecule has 25 heavy (non-hydrogen) atoms. The first-order chi connectivity index (χ1) is 12.2. The molecule has 3 N–H and O–H groups in total. The van der Waals surface area contributed by atoms with Crippen LogP contribution in [0.3, 0.4) is 0 Å². The number of pyridine rings is 1. The highest BCUT2D eigenvalue weighted by atomic mass is 32.1. The number of aromatic nitrogens is 1. The maximum Gasteiger partial charge on any atom is 0.266 e. The lowest BCUT2D eigenvalue weighted by Gasteiger charge is -2.18. The van der Waals surface area contributed by atoms with Crippen LogP contribution in [0.2, 0.25) is 0 Å². The predicted octanol–water partition coefficient (Wildman–Crippen LogP) is 3.76. The van der Waals surface area contributed by atoms with Gasteiger partial charge in [0, 0.05) is 33.8 Å². The quantitative estimate of drug-likeness (QED) is 0.491. The van der Waals surface area contributed by atoms with E-state index in [0.717, 1.165) is 46.9 Å². The van der Waals surface area contributed by atoms with Crippen LogP contribution in [0.15, 0.2) is 46.6 Å². The number of H-pyrrole nitrogens is 1. The number of hydrogen-bond acceptors (Lipinski definition) is 4. The molecule has 2 aromatic heterocycles. The molecule has 0 aliphatic carbocycles. The number of aromatic amines is 1. The van der Waals surface area contributed by atoms with Crippen LogP contribution in [0.5, 0.6) is 5.75 Å². The third-order valence-electron chi connectivity index (χ3n) is 4.92. The van der Waals surface area contributed by atoms with Crippen LogP contribution >= 0.6 is 11.3 Å². The van der Waals surface area contributed by atoms with Gasteiger partial charge in [-0.1, -0.05) is 12.1 Å². The maximum absolute atomic E-state index is 12.4. The average Bonchev–Trinajstić information content (AvgIpc) is 3.08. The summed E-state index contributed by atoms with van der Waals surface area (Å²) in [6.07, 6.45) is 1.05. The van der Waals surface area contributed by atoms with Gasteiger partial charge in [-0.05, 0) is 53.9 Å². The van der Waals surface area contributed by atoms with E-state index < -0.39 is 0 Å². The fourth-order valence-electron chi connectivity index (χ4n) is 3.68. The fourth-order valence-corrected chi connectivity index (χ4v) is 4.67. The van der Waals surface area contributed by atoms with Crippen LogP contribution in [-0.2, 0) is 13.0 Å². The largest absolute Gasteiger partial charge is 0.508 e. The van der Waals surface area contributed by atoms with E-state index in [0.29, 0.717) is 4.70 Å². The van der Waals surface area contributed by atoms with Crippen LogP contribution < -0.4 is 10.9 Å². The summed E-state index contributed by atoms with van der Waals surface area (Å²) < 4.78 is 0.698. The van der Waals surface area contributed by atoms with Gasteiger partial charge in [0.1, 0.15) is 10.4 Å². The molecule has 4 nitrogen and oxygen atoms in total. The molecule has 0 fully saturated rings. The van der Waals surface area contributed by atoms with E-state index in [1.165, 1.54) is 22.5 Å². The van der Waals surface area contributed by atoms with Gasteiger partial charge in [0.05, 0.1) is 0 Å². The summed E-state index contributed by atoms with van der Waals surface area (Å²) in [4.78, 5) is 15.3. The number of benzene rings is 2. The second-order valence-corrected chi connectivity index (χ2v) is 7.33. The Morgan fingerprint density at radius 3 is 2.92 bits per heavy atom. The Hall–Kier alpha value is -2.63. The number of rotatable bonds is 1. The second-order valence-electron chi connectivity index (χ2n) is 6.45. The third-order valence-corrected chi connectivity index (χ3v) is 5.90. The molecule has 124 valence electrons. The summed E-state index contributed by atoms with van der Waals surface area (Å²) in [5, 5.41) is 17.2. The first-order valence-corrected chi connectivity index (χ1v) is 9.18. The molecule has 0 saturated heterocycles. The van der Waals surface area contributed by atoms with Gasteiger partial charge in [0.2, 0.25) is 0 Å². The first kappa shape index (κ1) is 14.7.